The molecule has 0 atom stereocenters. The highest BCUT2D eigenvalue weighted by atomic mass is 19.1. The van der Waals surface area contributed by atoms with Crippen molar-refractivity contribution >= 4 is 23.2 Å². The first-order valence-corrected chi connectivity index (χ1v) is 12.1. The van der Waals surface area contributed by atoms with Gasteiger partial charge in [-0.05, 0) is 59.5 Å². The van der Waals surface area contributed by atoms with Gasteiger partial charge in [0.2, 0.25) is 0 Å². The molecule has 1 aliphatic heterocycles. The number of nitrogens with zero attached hydrogens (tertiary/aromatic N) is 2. The van der Waals surface area contributed by atoms with Crippen LogP contribution in [-0.4, -0.2) is 49.5 Å². The second-order valence-electron chi connectivity index (χ2n) is 9.92. The van der Waals surface area contributed by atoms with Crippen LogP contribution in [0.2, 0.25) is 0 Å². The average molecular weight is 490 g/mol. The van der Waals surface area contributed by atoms with Crippen LogP contribution in [0.3, 0.4) is 0 Å². The first-order chi connectivity index (χ1) is 17.2. The molecule has 0 spiro atoms. The van der Waals surface area contributed by atoms with E-state index in [0.717, 1.165) is 5.69 Å². The Morgan fingerprint density at radius 2 is 1.53 bits per heavy atom. The van der Waals surface area contributed by atoms with E-state index in [4.69, 9.17) is 4.74 Å². The van der Waals surface area contributed by atoms with Crippen LogP contribution >= 0.6 is 0 Å². The number of nitrogens with one attached hydrogen (secondary N) is 1. The lowest BCUT2D eigenvalue weighted by Gasteiger charge is -2.36. The fourth-order valence-electron chi connectivity index (χ4n) is 4.13. The number of piperazine rings is 1. The zero-order valence-electron chi connectivity index (χ0n) is 21.0. The van der Waals surface area contributed by atoms with Gasteiger partial charge in [-0.2, -0.15) is 0 Å². The smallest absolute Gasteiger partial charge is 0.262 e. The summed E-state index contributed by atoms with van der Waals surface area (Å²) in [6.45, 7) is 8.69. The number of hydrogen-bond donors (Lipinski definition) is 1. The molecule has 2 amide bonds. The lowest BCUT2D eigenvalue weighted by molar-refractivity contribution is -0.118. The van der Waals surface area contributed by atoms with E-state index in [1.807, 2.05) is 48.5 Å². The number of carbonyl (C=O) groups is 2. The monoisotopic (exact) mass is 489 g/mol. The van der Waals surface area contributed by atoms with E-state index >= 15 is 0 Å². The summed E-state index contributed by atoms with van der Waals surface area (Å²) in [5.41, 5.74) is 3.06. The second-order valence-corrected chi connectivity index (χ2v) is 9.92. The molecular weight excluding hydrogens is 457 g/mol. The fraction of sp³-hybridized carbons (Fsp3) is 0.310. The van der Waals surface area contributed by atoms with Gasteiger partial charge in [0.05, 0.1) is 5.56 Å². The molecule has 0 radical (unpaired) electrons. The molecule has 36 heavy (non-hydrogen) atoms. The third kappa shape index (κ3) is 6.22. The van der Waals surface area contributed by atoms with Crippen molar-refractivity contribution in [3.8, 4) is 5.75 Å². The maximum absolute atomic E-state index is 14.0. The summed E-state index contributed by atoms with van der Waals surface area (Å²) in [5.74, 6) is -0.353. The highest BCUT2D eigenvalue weighted by Gasteiger charge is 2.24. The summed E-state index contributed by atoms with van der Waals surface area (Å²) in [6, 6.07) is 21.4. The maximum atomic E-state index is 14.0. The predicted octanol–water partition coefficient (Wildman–Crippen LogP) is 5.10. The standard InChI is InChI=1S/C29H32FN3O3/c1-29(2,3)21-8-14-24(15-9-21)36-20-27(34)31-22-10-12-23(13-11-22)32-16-18-33(19-17-32)28(35)25-6-4-5-7-26(25)30/h4-15H,16-20H2,1-3H3,(H,31,34). The maximum Gasteiger partial charge on any atom is 0.262 e. The number of ether oxygens (including phenoxy) is 1. The quantitative estimate of drug-likeness (QED) is 0.523. The molecule has 1 aliphatic rings. The van der Waals surface area contributed by atoms with E-state index in [1.54, 1.807) is 17.0 Å². The Hall–Kier alpha value is -3.87. The molecule has 0 aliphatic carbocycles. The molecule has 4 rings (SSSR count). The van der Waals surface area contributed by atoms with Crippen LogP contribution in [0.15, 0.2) is 72.8 Å². The van der Waals surface area contributed by atoms with Gasteiger partial charge in [-0.3, -0.25) is 9.59 Å². The SMILES string of the molecule is CC(C)(C)c1ccc(OCC(=O)Nc2ccc(N3CCN(C(=O)c4ccccc4F)CC3)cc2)cc1. The van der Waals surface area contributed by atoms with Gasteiger partial charge in [0, 0.05) is 37.6 Å². The Bertz CT molecular complexity index is 1200. The van der Waals surface area contributed by atoms with Gasteiger partial charge in [0.15, 0.2) is 6.61 Å². The molecule has 188 valence electrons. The Morgan fingerprint density at radius 3 is 2.14 bits per heavy atom. The van der Waals surface area contributed by atoms with Crippen molar-refractivity contribution in [2.45, 2.75) is 26.2 Å². The minimum Gasteiger partial charge on any atom is -0.484 e. The van der Waals surface area contributed by atoms with Gasteiger partial charge >= 0.3 is 0 Å². The van der Waals surface area contributed by atoms with E-state index in [9.17, 15) is 14.0 Å². The highest BCUT2D eigenvalue weighted by molar-refractivity contribution is 5.94. The summed E-state index contributed by atoms with van der Waals surface area (Å²) in [6.07, 6.45) is 0. The minimum atomic E-state index is -0.494. The van der Waals surface area contributed by atoms with Crippen LogP contribution in [0.4, 0.5) is 15.8 Å². The average Bonchev–Trinajstić information content (AvgIpc) is 2.88. The number of anilines is 2. The van der Waals surface area contributed by atoms with E-state index in [0.29, 0.717) is 37.6 Å². The molecule has 1 fully saturated rings. The van der Waals surface area contributed by atoms with Gasteiger partial charge < -0.3 is 19.9 Å². The van der Waals surface area contributed by atoms with Crippen molar-refractivity contribution < 1.29 is 18.7 Å². The topological polar surface area (TPSA) is 61.9 Å². The molecule has 1 N–H and O–H groups in total. The van der Waals surface area contributed by atoms with E-state index in [2.05, 4.69) is 31.0 Å². The van der Waals surface area contributed by atoms with Crippen LogP contribution in [0, 0.1) is 5.82 Å². The third-order valence-electron chi connectivity index (χ3n) is 6.28. The molecule has 1 saturated heterocycles. The number of rotatable bonds is 6. The van der Waals surface area contributed by atoms with Crippen LogP contribution in [0.1, 0.15) is 36.7 Å². The Morgan fingerprint density at radius 1 is 0.889 bits per heavy atom. The molecule has 7 heteroatoms. The van der Waals surface area contributed by atoms with Gasteiger partial charge in [-0.1, -0.05) is 45.0 Å². The van der Waals surface area contributed by atoms with Crippen molar-refractivity contribution in [3.63, 3.8) is 0 Å². The Labute approximate surface area is 211 Å². The van der Waals surface area contributed by atoms with E-state index < -0.39 is 5.82 Å². The van der Waals surface area contributed by atoms with Crippen LogP contribution in [0.25, 0.3) is 0 Å². The fourth-order valence-corrected chi connectivity index (χ4v) is 4.13. The summed E-state index contributed by atoms with van der Waals surface area (Å²) in [4.78, 5) is 28.8. The van der Waals surface area contributed by atoms with Crippen LogP contribution in [0.5, 0.6) is 5.75 Å². The summed E-state index contributed by atoms with van der Waals surface area (Å²) < 4.78 is 19.6. The van der Waals surface area contributed by atoms with Crippen molar-refractivity contribution in [2.24, 2.45) is 0 Å². The third-order valence-corrected chi connectivity index (χ3v) is 6.28. The summed E-state index contributed by atoms with van der Waals surface area (Å²) in [7, 11) is 0. The van der Waals surface area contributed by atoms with Crippen molar-refractivity contribution in [2.75, 3.05) is 43.0 Å². The van der Waals surface area contributed by atoms with Crippen LogP contribution in [-0.2, 0) is 10.2 Å². The number of benzene rings is 3. The number of amides is 2. The first kappa shape index (κ1) is 25.2. The molecule has 1 heterocycles. The van der Waals surface area contributed by atoms with Gasteiger partial charge in [-0.15, -0.1) is 0 Å². The lowest BCUT2D eigenvalue weighted by Crippen LogP contribution is -2.49. The first-order valence-electron chi connectivity index (χ1n) is 12.1. The molecule has 6 nitrogen and oxygen atoms in total. The normalized spacial score (nSPS) is 13.9. The van der Waals surface area contributed by atoms with Gasteiger partial charge in [-0.25, -0.2) is 4.39 Å². The zero-order chi connectivity index (χ0) is 25.7. The molecule has 3 aromatic rings. The summed E-state index contributed by atoms with van der Waals surface area (Å²) >= 11 is 0. The molecule has 0 saturated carbocycles. The molecule has 3 aromatic carbocycles. The Balaban J connectivity index is 1.25. The lowest BCUT2D eigenvalue weighted by atomic mass is 9.87. The van der Waals surface area contributed by atoms with Gasteiger partial charge in [0.25, 0.3) is 11.8 Å². The molecule has 0 unspecified atom stereocenters. The highest BCUT2D eigenvalue weighted by Crippen LogP contribution is 2.24. The largest absolute Gasteiger partial charge is 0.484 e. The minimum absolute atomic E-state index is 0.0641. The van der Waals surface area contributed by atoms with E-state index in [-0.39, 0.29) is 29.4 Å². The second kappa shape index (κ2) is 10.8. The van der Waals surface area contributed by atoms with Crippen LogP contribution < -0.4 is 15.0 Å². The molecule has 0 aromatic heterocycles. The number of carbonyl (C=O) groups excluding carboxylic acids is 2. The van der Waals surface area contributed by atoms with E-state index in [1.165, 1.54) is 17.7 Å². The predicted molar refractivity (Wildman–Crippen MR) is 140 cm³/mol. The van der Waals surface area contributed by atoms with Crippen molar-refractivity contribution in [1.82, 2.24) is 4.90 Å². The van der Waals surface area contributed by atoms with Crippen molar-refractivity contribution in [1.29, 1.82) is 0 Å². The van der Waals surface area contributed by atoms with Crippen molar-refractivity contribution in [3.05, 3.63) is 89.7 Å². The Kier molecular flexibility index (Phi) is 7.58. The zero-order valence-corrected chi connectivity index (χ0v) is 21.0. The number of halogens is 1. The molecular formula is C29H32FN3O3. The van der Waals surface area contributed by atoms with Gasteiger partial charge in [0.1, 0.15) is 11.6 Å². The summed E-state index contributed by atoms with van der Waals surface area (Å²) in [5, 5.41) is 2.85. The molecule has 0 bridgehead atoms. The number of hydrogen-bond acceptors (Lipinski definition) is 4.